The predicted octanol–water partition coefficient (Wildman–Crippen LogP) is 4.42. The van der Waals surface area contributed by atoms with Crippen molar-refractivity contribution in [2.45, 2.75) is 44.8 Å². The number of anilines is 2. The summed E-state index contributed by atoms with van der Waals surface area (Å²) in [5.74, 6) is -5.75. The fourth-order valence-corrected chi connectivity index (χ4v) is 11.1. The summed E-state index contributed by atoms with van der Waals surface area (Å²) >= 11 is 3.32. The van der Waals surface area contributed by atoms with Crippen molar-refractivity contribution in [1.29, 1.82) is 0 Å². The van der Waals surface area contributed by atoms with E-state index < -0.39 is 75.1 Å². The van der Waals surface area contributed by atoms with Gasteiger partial charge in [-0.05, 0) is 42.4 Å². The zero-order chi connectivity index (χ0) is 32.7. The Balaban J connectivity index is 1.71. The number of amides is 1. The van der Waals surface area contributed by atoms with Gasteiger partial charge in [-0.1, -0.05) is 48.0 Å². The van der Waals surface area contributed by atoms with Gasteiger partial charge in [-0.15, -0.1) is 4.09 Å². The Bertz CT molecular complexity index is 2000. The maximum absolute atomic E-state index is 15.7. The molecule has 1 unspecified atom stereocenters. The van der Waals surface area contributed by atoms with Gasteiger partial charge in [0, 0.05) is 11.8 Å². The molecule has 1 aliphatic rings. The molecule has 0 bridgehead atoms. The van der Waals surface area contributed by atoms with E-state index in [4.69, 9.17) is 0 Å². The maximum atomic E-state index is 15.7. The molecule has 1 aliphatic carbocycles. The van der Waals surface area contributed by atoms with E-state index in [2.05, 4.69) is 31.3 Å². The zero-order valence-corrected chi connectivity index (χ0v) is 27.7. The molecule has 0 fully saturated rings. The van der Waals surface area contributed by atoms with Crippen LogP contribution in [-0.2, 0) is 30.1 Å². The van der Waals surface area contributed by atoms with E-state index >= 15 is 4.39 Å². The van der Waals surface area contributed by atoms with E-state index in [0.717, 1.165) is 10.3 Å². The summed E-state index contributed by atoms with van der Waals surface area (Å²) in [6.45, 7) is 4.49. The van der Waals surface area contributed by atoms with Crippen LogP contribution in [0.25, 0.3) is 11.0 Å². The van der Waals surface area contributed by atoms with Crippen molar-refractivity contribution < 1.29 is 38.8 Å². The van der Waals surface area contributed by atoms with Gasteiger partial charge in [-0.3, -0.25) is 4.79 Å². The van der Waals surface area contributed by atoms with Gasteiger partial charge in [-0.2, -0.15) is 8.81 Å². The molecule has 2 heterocycles. The van der Waals surface area contributed by atoms with Gasteiger partial charge in [0.2, 0.25) is 20.0 Å². The molecule has 4 rings (SSSR count). The lowest BCUT2D eigenvalue weighted by Crippen LogP contribution is -2.40. The van der Waals surface area contributed by atoms with E-state index in [1.165, 1.54) is 39.1 Å². The topological polar surface area (TPSA) is 165 Å². The molecule has 0 saturated heterocycles. The third-order valence-electron chi connectivity index (χ3n) is 6.62. The van der Waals surface area contributed by atoms with E-state index in [0.29, 0.717) is 16.6 Å². The lowest BCUT2D eigenvalue weighted by Gasteiger charge is -2.27. The number of hydrogen-bond donors (Lipinski definition) is 1. The summed E-state index contributed by atoms with van der Waals surface area (Å²) < 4.78 is 109. The molecule has 12 nitrogen and oxygen atoms in total. The molecule has 0 saturated carbocycles. The van der Waals surface area contributed by atoms with E-state index in [1.54, 1.807) is 12.2 Å². The first kappa shape index (κ1) is 33.7. The van der Waals surface area contributed by atoms with Crippen LogP contribution < -0.4 is 9.03 Å². The molecule has 44 heavy (non-hydrogen) atoms. The molecule has 0 spiro atoms. The van der Waals surface area contributed by atoms with Crippen molar-refractivity contribution in [1.82, 2.24) is 14.2 Å². The van der Waals surface area contributed by atoms with Crippen LogP contribution in [0, 0.1) is 11.6 Å². The van der Waals surface area contributed by atoms with Crippen LogP contribution in [0.2, 0.25) is 0 Å². The highest BCUT2D eigenvalue weighted by molar-refractivity contribution is 9.11. The van der Waals surface area contributed by atoms with E-state index in [-0.39, 0.29) is 39.7 Å². The van der Waals surface area contributed by atoms with E-state index in [1.807, 2.05) is 0 Å². The molecular formula is C26H28BrF2N5O7S3. The van der Waals surface area contributed by atoms with Crippen LogP contribution in [0.5, 0.6) is 0 Å². The van der Waals surface area contributed by atoms with Crippen LogP contribution in [0.4, 0.5) is 20.2 Å². The summed E-state index contributed by atoms with van der Waals surface area (Å²) in [5, 5.41) is 6.38. The number of aromatic nitrogens is 3. The van der Waals surface area contributed by atoms with Crippen molar-refractivity contribution in [3.63, 3.8) is 0 Å². The van der Waals surface area contributed by atoms with Crippen molar-refractivity contribution in [3.8, 4) is 0 Å². The largest absolute Gasteiger partial charge is 0.320 e. The van der Waals surface area contributed by atoms with Crippen molar-refractivity contribution in [2.75, 3.05) is 20.5 Å². The maximum Gasteiger partial charge on any atom is 0.265 e. The van der Waals surface area contributed by atoms with Crippen LogP contribution in [0.15, 0.2) is 53.3 Å². The number of allylic oxidation sites excluding steroid dienone is 3. The van der Waals surface area contributed by atoms with Gasteiger partial charge in [0.25, 0.3) is 15.9 Å². The van der Waals surface area contributed by atoms with E-state index in [9.17, 15) is 34.4 Å². The number of sulfonamides is 2. The Morgan fingerprint density at radius 2 is 1.70 bits per heavy atom. The Hall–Kier alpha value is -3.22. The molecule has 238 valence electrons. The minimum Gasteiger partial charge on any atom is -0.320 e. The molecular weight excluding hydrogens is 708 g/mol. The second-order valence-electron chi connectivity index (χ2n) is 10.1. The predicted molar refractivity (Wildman–Crippen MR) is 166 cm³/mol. The highest BCUT2D eigenvalue weighted by Crippen LogP contribution is 2.35. The first-order valence-electron chi connectivity index (χ1n) is 13.2. The van der Waals surface area contributed by atoms with Gasteiger partial charge < -0.3 is 5.32 Å². The summed E-state index contributed by atoms with van der Waals surface area (Å²) in [4.78, 5) is 17.2. The number of halogens is 3. The standard InChI is InChI=1S/C26H28BrF2N5O7S3/c1-4-11-42(36,37)34(43(38,39)12-5-2)21-9-8-20(28)22(23(21)29)25(35)32-19-13-17-15-31-33(24(17)30-16-19)44(40,41)26(3)10-6-7-18(27)14-26/h6-10,13,15-16H,4-5,11-12,14H2,1-3H3,(H,32,35). The molecule has 1 aromatic carbocycles. The van der Waals surface area contributed by atoms with Crippen molar-refractivity contribution in [2.24, 2.45) is 0 Å². The summed E-state index contributed by atoms with van der Waals surface area (Å²) in [6, 6.07) is 2.51. The molecule has 1 atom stereocenters. The van der Waals surface area contributed by atoms with Crippen molar-refractivity contribution in [3.05, 3.63) is 70.5 Å². The average molecular weight is 737 g/mol. The van der Waals surface area contributed by atoms with Gasteiger partial charge in [0.05, 0.1) is 29.6 Å². The number of nitrogens with zero attached hydrogens (tertiary/aromatic N) is 4. The average Bonchev–Trinajstić information content (AvgIpc) is 3.34. The Kier molecular flexibility index (Phi) is 9.40. The molecule has 18 heteroatoms. The molecule has 2 aromatic heterocycles. The summed E-state index contributed by atoms with van der Waals surface area (Å²) in [6.07, 6.45) is 7.24. The fraction of sp³-hybridized carbons (Fsp3) is 0.346. The highest BCUT2D eigenvalue weighted by atomic mass is 79.9. The van der Waals surface area contributed by atoms with Crippen LogP contribution >= 0.6 is 15.9 Å². The molecule has 3 aromatic rings. The first-order valence-corrected chi connectivity index (χ1v) is 18.6. The van der Waals surface area contributed by atoms with Gasteiger partial charge >= 0.3 is 0 Å². The fourth-order valence-electron chi connectivity index (χ4n) is 4.57. The van der Waals surface area contributed by atoms with Gasteiger partial charge in [-0.25, -0.2) is 39.0 Å². The highest BCUT2D eigenvalue weighted by Gasteiger charge is 2.41. The number of carbonyl (C=O) groups is 1. The monoisotopic (exact) mass is 735 g/mol. The smallest absolute Gasteiger partial charge is 0.265 e. The molecule has 1 amide bonds. The first-order chi connectivity index (χ1) is 20.5. The molecule has 1 N–H and O–H groups in total. The van der Waals surface area contributed by atoms with Crippen LogP contribution in [0.1, 0.15) is 50.4 Å². The second-order valence-corrected chi connectivity index (χ2v) is 17.5. The number of hydrogen-bond acceptors (Lipinski definition) is 9. The quantitative estimate of drug-likeness (QED) is 0.300. The number of rotatable bonds is 11. The number of pyridine rings is 1. The second kappa shape index (κ2) is 12.3. The SMILES string of the molecule is CCCS(=O)(=O)N(c1ccc(F)c(C(=O)Nc2cnc3c(cnn3S(=O)(=O)C3(C)C=CC=C(Br)C3)c2)c1F)S(=O)(=O)CCC. The Morgan fingerprint density at radius 1 is 1.07 bits per heavy atom. The number of nitrogens with one attached hydrogen (secondary N) is 1. The van der Waals surface area contributed by atoms with Crippen molar-refractivity contribution >= 4 is 74.3 Å². The number of carbonyl (C=O) groups excluding carboxylic acids is 1. The number of benzene rings is 1. The number of fused-ring (bicyclic) bond motifs is 1. The zero-order valence-electron chi connectivity index (χ0n) is 23.7. The Labute approximate surface area is 262 Å². The minimum atomic E-state index is -4.62. The lowest BCUT2D eigenvalue weighted by atomic mass is 10.0. The Morgan fingerprint density at radius 3 is 2.30 bits per heavy atom. The van der Waals surface area contributed by atoms with Crippen LogP contribution in [-0.4, -0.2) is 61.6 Å². The summed E-state index contributed by atoms with van der Waals surface area (Å²) in [5.41, 5.74) is -2.43. The minimum absolute atomic E-state index is 0.00847. The molecule has 0 aliphatic heterocycles. The van der Waals surface area contributed by atoms with Crippen LogP contribution in [0.3, 0.4) is 0 Å². The lowest BCUT2D eigenvalue weighted by molar-refractivity contribution is 0.101. The van der Waals surface area contributed by atoms with Gasteiger partial charge in [0.15, 0.2) is 11.5 Å². The third-order valence-corrected chi connectivity index (χ3v) is 14.0. The molecule has 0 radical (unpaired) electrons. The van der Waals surface area contributed by atoms with Gasteiger partial charge in [0.1, 0.15) is 21.8 Å². The normalized spacial score (nSPS) is 17.5. The summed E-state index contributed by atoms with van der Waals surface area (Å²) in [7, 11) is -13.4. The third kappa shape index (κ3) is 6.16.